The quantitative estimate of drug-likeness (QED) is 0.241. The predicted octanol–water partition coefficient (Wildman–Crippen LogP) is 5.26. The molecular weight excluding hydrogens is 484 g/mol. The molecule has 4 aromatic rings. The predicted molar refractivity (Wildman–Crippen MR) is 146 cm³/mol. The number of furan rings is 1. The van der Waals surface area contributed by atoms with Gasteiger partial charge < -0.3 is 20.0 Å². The first-order chi connectivity index (χ1) is 18.4. The van der Waals surface area contributed by atoms with Crippen molar-refractivity contribution in [3.05, 3.63) is 76.5 Å². The zero-order valence-electron chi connectivity index (χ0n) is 21.4. The lowest BCUT2D eigenvalue weighted by molar-refractivity contribution is -0.384. The molecule has 5 rings (SSSR count). The number of fused-ring (bicyclic) bond motifs is 1. The van der Waals surface area contributed by atoms with Crippen molar-refractivity contribution in [3.8, 4) is 11.3 Å². The van der Waals surface area contributed by atoms with E-state index in [1.807, 2.05) is 43.3 Å². The normalized spacial score (nSPS) is 17.2. The second kappa shape index (κ2) is 10.9. The zero-order valence-corrected chi connectivity index (χ0v) is 21.4. The Labute approximate surface area is 220 Å². The van der Waals surface area contributed by atoms with Crippen molar-refractivity contribution in [1.29, 1.82) is 0 Å². The first-order valence-corrected chi connectivity index (χ1v) is 12.7. The van der Waals surface area contributed by atoms with Gasteiger partial charge in [0.2, 0.25) is 5.95 Å². The molecule has 0 atom stereocenters. The van der Waals surface area contributed by atoms with Crippen LogP contribution < -0.4 is 15.5 Å². The molecule has 1 aliphatic rings. The van der Waals surface area contributed by atoms with Crippen LogP contribution in [-0.2, 0) is 0 Å². The Balaban J connectivity index is 1.14. The minimum absolute atomic E-state index is 0.0637. The van der Waals surface area contributed by atoms with Crippen LogP contribution in [0.15, 0.2) is 65.1 Å². The van der Waals surface area contributed by atoms with Gasteiger partial charge >= 0.3 is 0 Å². The van der Waals surface area contributed by atoms with Gasteiger partial charge in [0.25, 0.3) is 11.6 Å². The average Bonchev–Trinajstić information content (AvgIpc) is 3.42. The molecule has 38 heavy (non-hydrogen) atoms. The lowest BCUT2D eigenvalue weighted by Crippen LogP contribution is -2.34. The highest BCUT2D eigenvalue weighted by Gasteiger charge is 2.24. The molecule has 0 aliphatic heterocycles. The first-order valence-electron chi connectivity index (χ1n) is 12.7. The average molecular weight is 515 g/mol. The fraction of sp³-hybridized carbons (Fsp3) is 0.321. The maximum Gasteiger partial charge on any atom is 0.287 e. The number of nitro groups is 1. The number of amides is 1. The highest BCUT2D eigenvalue weighted by Crippen LogP contribution is 2.31. The number of anilines is 2. The van der Waals surface area contributed by atoms with E-state index >= 15 is 0 Å². The Bertz CT molecular complexity index is 1460. The molecule has 1 fully saturated rings. The van der Waals surface area contributed by atoms with Crippen molar-refractivity contribution in [1.82, 2.24) is 15.3 Å². The molecule has 1 saturated carbocycles. The number of carbonyl (C=O) groups is 1. The molecule has 0 radical (unpaired) electrons. The van der Waals surface area contributed by atoms with E-state index in [1.165, 1.54) is 6.07 Å². The summed E-state index contributed by atoms with van der Waals surface area (Å²) in [6, 6.07) is 17.7. The van der Waals surface area contributed by atoms with E-state index in [0.717, 1.165) is 42.4 Å². The Morgan fingerprint density at radius 1 is 1.03 bits per heavy atom. The van der Waals surface area contributed by atoms with Crippen molar-refractivity contribution in [2.45, 2.75) is 31.7 Å². The third kappa shape index (κ3) is 5.44. The summed E-state index contributed by atoms with van der Waals surface area (Å²) in [5, 5.41) is 18.8. The number of benzene rings is 2. The fourth-order valence-corrected chi connectivity index (χ4v) is 4.93. The van der Waals surface area contributed by atoms with Gasteiger partial charge in [0.1, 0.15) is 11.6 Å². The van der Waals surface area contributed by atoms with Crippen molar-refractivity contribution in [2.24, 2.45) is 5.92 Å². The van der Waals surface area contributed by atoms with Gasteiger partial charge in [-0.15, -0.1) is 0 Å². The third-order valence-electron chi connectivity index (χ3n) is 6.93. The number of rotatable bonds is 8. The Kier molecular flexibility index (Phi) is 7.21. The van der Waals surface area contributed by atoms with Crippen LogP contribution in [0, 0.1) is 16.0 Å². The Morgan fingerprint density at radius 2 is 1.76 bits per heavy atom. The molecule has 0 spiro atoms. The molecule has 1 aliphatic carbocycles. The summed E-state index contributed by atoms with van der Waals surface area (Å²) in [5.74, 6) is 1.99. The molecule has 10 heteroatoms. The number of hydrogen-bond acceptors (Lipinski definition) is 8. The summed E-state index contributed by atoms with van der Waals surface area (Å²) in [5.41, 5.74) is 1.19. The molecule has 196 valence electrons. The number of nitro benzene ring substituents is 1. The van der Waals surface area contributed by atoms with Crippen molar-refractivity contribution in [2.75, 3.05) is 30.9 Å². The molecule has 2 aromatic carbocycles. The molecule has 2 aromatic heterocycles. The molecule has 1 amide bonds. The second-order valence-corrected chi connectivity index (χ2v) is 9.79. The summed E-state index contributed by atoms with van der Waals surface area (Å²) < 4.78 is 5.66. The number of hydrogen-bond donors (Lipinski definition) is 2. The molecule has 0 unspecified atom stereocenters. The van der Waals surface area contributed by atoms with Crippen LogP contribution >= 0.6 is 0 Å². The number of carbonyl (C=O) groups excluding carboxylic acids is 1. The maximum absolute atomic E-state index is 12.7. The van der Waals surface area contributed by atoms with Gasteiger partial charge in [-0.3, -0.25) is 14.9 Å². The van der Waals surface area contributed by atoms with Gasteiger partial charge in [0.05, 0.1) is 16.0 Å². The van der Waals surface area contributed by atoms with E-state index in [4.69, 9.17) is 14.4 Å². The van der Waals surface area contributed by atoms with E-state index in [9.17, 15) is 14.9 Å². The Hall–Kier alpha value is -4.47. The molecule has 10 nitrogen and oxygen atoms in total. The molecule has 0 saturated heterocycles. The fourth-order valence-electron chi connectivity index (χ4n) is 4.93. The minimum atomic E-state index is -0.462. The number of nitrogens with zero attached hydrogens (tertiary/aromatic N) is 4. The van der Waals surface area contributed by atoms with Gasteiger partial charge in [-0.1, -0.05) is 24.3 Å². The SMILES string of the molecule is CN(C)c1nc(NC2CCC(CNC(=O)c3ccc(-c4ccccc4[N+](=O)[O-])o3)CC2)nc2ccccc12. The maximum atomic E-state index is 12.7. The summed E-state index contributed by atoms with van der Waals surface area (Å²) in [7, 11) is 3.96. The minimum Gasteiger partial charge on any atom is -0.451 e. The van der Waals surface area contributed by atoms with Crippen LogP contribution in [0.1, 0.15) is 36.2 Å². The van der Waals surface area contributed by atoms with E-state index in [0.29, 0.717) is 29.7 Å². The molecular formula is C28H30N6O4. The van der Waals surface area contributed by atoms with Crippen LogP contribution in [0.5, 0.6) is 0 Å². The van der Waals surface area contributed by atoms with E-state index < -0.39 is 4.92 Å². The standard InChI is InChI=1S/C28H30N6O4/c1-33(2)26-20-7-3-5-9-22(20)31-28(32-26)30-19-13-11-18(12-14-19)17-29-27(35)25-16-15-24(38-25)21-8-4-6-10-23(21)34(36)37/h3-10,15-16,18-19H,11-14,17H2,1-2H3,(H,29,35)(H,30,31,32). The van der Waals surface area contributed by atoms with E-state index in [2.05, 4.69) is 10.6 Å². The lowest BCUT2D eigenvalue weighted by Gasteiger charge is -2.29. The third-order valence-corrected chi connectivity index (χ3v) is 6.93. The lowest BCUT2D eigenvalue weighted by atomic mass is 9.86. The Morgan fingerprint density at radius 3 is 2.53 bits per heavy atom. The first kappa shape index (κ1) is 25.2. The van der Waals surface area contributed by atoms with Gasteiger partial charge in [-0.05, 0) is 61.9 Å². The summed E-state index contributed by atoms with van der Waals surface area (Å²) in [6.07, 6.45) is 3.84. The van der Waals surface area contributed by atoms with Crippen LogP contribution in [0.4, 0.5) is 17.5 Å². The van der Waals surface area contributed by atoms with Crippen molar-refractivity contribution < 1.29 is 14.1 Å². The summed E-state index contributed by atoms with van der Waals surface area (Å²) in [6.45, 7) is 0.546. The monoisotopic (exact) mass is 514 g/mol. The van der Waals surface area contributed by atoms with Crippen LogP contribution in [0.25, 0.3) is 22.2 Å². The zero-order chi connectivity index (χ0) is 26.6. The van der Waals surface area contributed by atoms with Crippen LogP contribution in [-0.4, -0.2) is 47.5 Å². The second-order valence-electron chi connectivity index (χ2n) is 9.79. The largest absolute Gasteiger partial charge is 0.451 e. The van der Waals surface area contributed by atoms with Crippen LogP contribution in [0.3, 0.4) is 0 Å². The van der Waals surface area contributed by atoms with Crippen molar-refractivity contribution >= 4 is 34.3 Å². The highest BCUT2D eigenvalue weighted by molar-refractivity contribution is 5.92. The van der Waals surface area contributed by atoms with Gasteiger partial charge in [-0.2, -0.15) is 4.98 Å². The number of nitrogens with one attached hydrogen (secondary N) is 2. The molecule has 2 heterocycles. The van der Waals surface area contributed by atoms with Gasteiger partial charge in [-0.25, -0.2) is 4.98 Å². The molecule has 2 N–H and O–H groups in total. The van der Waals surface area contributed by atoms with E-state index in [1.54, 1.807) is 30.3 Å². The number of para-hydroxylation sites is 2. The van der Waals surface area contributed by atoms with Gasteiger partial charge in [0.15, 0.2) is 5.76 Å². The van der Waals surface area contributed by atoms with Crippen molar-refractivity contribution in [3.63, 3.8) is 0 Å². The summed E-state index contributed by atoms with van der Waals surface area (Å²) >= 11 is 0. The number of aromatic nitrogens is 2. The summed E-state index contributed by atoms with van der Waals surface area (Å²) in [4.78, 5) is 35.0. The smallest absolute Gasteiger partial charge is 0.287 e. The highest BCUT2D eigenvalue weighted by atomic mass is 16.6. The molecule has 0 bridgehead atoms. The van der Waals surface area contributed by atoms with Crippen LogP contribution in [0.2, 0.25) is 0 Å². The topological polar surface area (TPSA) is 126 Å². The van der Waals surface area contributed by atoms with E-state index in [-0.39, 0.29) is 23.4 Å². The van der Waals surface area contributed by atoms with Gasteiger partial charge in [0, 0.05) is 38.1 Å².